The van der Waals surface area contributed by atoms with Crippen molar-refractivity contribution in [1.82, 2.24) is 15.5 Å². The molecule has 0 radical (unpaired) electrons. The van der Waals surface area contributed by atoms with Gasteiger partial charge in [0.1, 0.15) is 18.2 Å². The van der Waals surface area contributed by atoms with E-state index in [4.69, 9.17) is 25.6 Å². The van der Waals surface area contributed by atoms with E-state index in [1.54, 1.807) is 6.07 Å². The highest BCUT2D eigenvalue weighted by atomic mass is 35.5. The summed E-state index contributed by atoms with van der Waals surface area (Å²) in [6.07, 6.45) is 0. The molecular weight excluding hydrogens is 438 g/mol. The van der Waals surface area contributed by atoms with Crippen molar-refractivity contribution >= 4 is 28.8 Å². The first-order chi connectivity index (χ1) is 15.2. The number of amides is 1. The van der Waals surface area contributed by atoms with Crippen LogP contribution in [0.3, 0.4) is 0 Å². The Kier molecular flexibility index (Phi) is 5.31. The zero-order valence-corrected chi connectivity index (χ0v) is 17.7. The van der Waals surface area contributed by atoms with Gasteiger partial charge >= 0.3 is 0 Å². The fourth-order valence-electron chi connectivity index (χ4n) is 3.11. The third-order valence-electron chi connectivity index (χ3n) is 4.66. The third-order valence-corrected chi connectivity index (χ3v) is 5.76. The van der Waals surface area contributed by atoms with Crippen molar-refractivity contribution in [3.63, 3.8) is 0 Å². The molecular formula is C22H16ClN3O4S. The molecule has 0 saturated carbocycles. The molecule has 0 fully saturated rings. The smallest absolute Gasteiger partial charge is 0.273 e. The van der Waals surface area contributed by atoms with Crippen LogP contribution < -0.4 is 14.8 Å². The summed E-state index contributed by atoms with van der Waals surface area (Å²) in [5, 5.41) is 10.1. The highest BCUT2D eigenvalue weighted by molar-refractivity contribution is 7.09. The Hall–Kier alpha value is -3.36. The molecule has 2 aromatic carbocycles. The van der Waals surface area contributed by atoms with E-state index in [0.717, 1.165) is 21.8 Å². The number of carbonyl (C=O) groups excluding carboxylic acids is 1. The number of aromatic nitrogens is 2. The Labute approximate surface area is 186 Å². The predicted octanol–water partition coefficient (Wildman–Crippen LogP) is 4.82. The van der Waals surface area contributed by atoms with Crippen molar-refractivity contribution < 1.29 is 18.8 Å². The molecule has 5 rings (SSSR count). The summed E-state index contributed by atoms with van der Waals surface area (Å²) in [6, 6.07) is 14.5. The van der Waals surface area contributed by atoms with Gasteiger partial charge in [-0.2, -0.15) is 0 Å². The molecule has 4 aromatic rings. The summed E-state index contributed by atoms with van der Waals surface area (Å²) in [5.74, 6) is 1.47. The van der Waals surface area contributed by atoms with Crippen LogP contribution in [0.2, 0.25) is 5.02 Å². The summed E-state index contributed by atoms with van der Waals surface area (Å²) in [5.41, 5.74) is 2.76. The van der Waals surface area contributed by atoms with Gasteiger partial charge in [-0.05, 0) is 30.3 Å². The van der Waals surface area contributed by atoms with E-state index in [0.29, 0.717) is 42.0 Å². The predicted molar refractivity (Wildman–Crippen MR) is 117 cm³/mol. The Morgan fingerprint density at radius 2 is 1.81 bits per heavy atom. The van der Waals surface area contributed by atoms with E-state index in [9.17, 15) is 4.79 Å². The minimum Gasteiger partial charge on any atom is -0.486 e. The van der Waals surface area contributed by atoms with Crippen molar-refractivity contribution in [2.24, 2.45) is 0 Å². The van der Waals surface area contributed by atoms with Gasteiger partial charge in [-0.25, -0.2) is 4.98 Å². The van der Waals surface area contributed by atoms with Crippen molar-refractivity contribution in [3.8, 4) is 34.1 Å². The number of nitrogens with one attached hydrogen (secondary N) is 1. The average Bonchev–Trinajstić information content (AvgIpc) is 3.48. The van der Waals surface area contributed by atoms with Gasteiger partial charge in [-0.3, -0.25) is 4.79 Å². The summed E-state index contributed by atoms with van der Waals surface area (Å²) in [7, 11) is 0. The first kappa shape index (κ1) is 19.6. The van der Waals surface area contributed by atoms with Crippen LogP contribution in [0, 0.1) is 0 Å². The van der Waals surface area contributed by atoms with Crippen LogP contribution in [0.5, 0.6) is 11.5 Å². The average molecular weight is 454 g/mol. The van der Waals surface area contributed by atoms with Crippen molar-refractivity contribution in [2.45, 2.75) is 6.54 Å². The van der Waals surface area contributed by atoms with Gasteiger partial charge in [0.05, 0.1) is 12.2 Å². The second kappa shape index (κ2) is 8.41. The molecule has 1 amide bonds. The largest absolute Gasteiger partial charge is 0.486 e. The monoisotopic (exact) mass is 453 g/mol. The van der Waals surface area contributed by atoms with Crippen LogP contribution in [0.1, 0.15) is 15.5 Å². The molecule has 1 aliphatic heterocycles. The summed E-state index contributed by atoms with van der Waals surface area (Å²) < 4.78 is 16.5. The lowest BCUT2D eigenvalue weighted by Gasteiger charge is -2.18. The number of ether oxygens (including phenoxy) is 2. The van der Waals surface area contributed by atoms with Gasteiger partial charge < -0.3 is 19.3 Å². The molecule has 0 atom stereocenters. The molecule has 9 heteroatoms. The number of nitrogens with zero attached hydrogens (tertiary/aromatic N) is 2. The van der Waals surface area contributed by atoms with E-state index >= 15 is 0 Å². The zero-order valence-electron chi connectivity index (χ0n) is 16.1. The first-order valence-electron chi connectivity index (χ1n) is 9.51. The van der Waals surface area contributed by atoms with Crippen LogP contribution in [0.15, 0.2) is 58.4 Å². The van der Waals surface area contributed by atoms with Crippen LogP contribution in [0.25, 0.3) is 22.6 Å². The summed E-state index contributed by atoms with van der Waals surface area (Å²) in [4.78, 5) is 17.1. The third kappa shape index (κ3) is 4.26. The van der Waals surface area contributed by atoms with E-state index in [2.05, 4.69) is 15.5 Å². The number of benzene rings is 2. The van der Waals surface area contributed by atoms with Gasteiger partial charge in [0.2, 0.25) is 0 Å². The van der Waals surface area contributed by atoms with Gasteiger partial charge in [-0.1, -0.05) is 28.9 Å². The standard InChI is InChI=1S/C22H16ClN3O4S/c23-15-4-1-13(2-5-15)17-12-31-21(25-17)11-24-22(27)16-10-19(30-26-16)14-3-6-18-20(9-14)29-8-7-28-18/h1-6,9-10,12H,7-8,11H2,(H,24,27). The lowest BCUT2D eigenvalue weighted by molar-refractivity contribution is 0.0942. The fourth-order valence-corrected chi connectivity index (χ4v) is 3.98. The molecule has 0 bridgehead atoms. The summed E-state index contributed by atoms with van der Waals surface area (Å²) >= 11 is 7.40. The number of carbonyl (C=O) groups is 1. The fraction of sp³-hybridized carbons (Fsp3) is 0.136. The van der Waals surface area contributed by atoms with Gasteiger partial charge in [0.25, 0.3) is 5.91 Å². The molecule has 31 heavy (non-hydrogen) atoms. The maximum Gasteiger partial charge on any atom is 0.273 e. The number of hydrogen-bond donors (Lipinski definition) is 1. The minimum atomic E-state index is -0.337. The Morgan fingerprint density at radius 3 is 2.65 bits per heavy atom. The molecule has 1 N–H and O–H groups in total. The maximum atomic E-state index is 12.5. The van der Waals surface area contributed by atoms with E-state index in [1.165, 1.54) is 11.3 Å². The van der Waals surface area contributed by atoms with E-state index < -0.39 is 0 Å². The molecule has 156 valence electrons. The van der Waals surface area contributed by atoms with Crippen LogP contribution in [-0.4, -0.2) is 29.3 Å². The number of fused-ring (bicyclic) bond motifs is 1. The van der Waals surface area contributed by atoms with Crippen molar-refractivity contribution in [3.05, 3.63) is 69.6 Å². The maximum absolute atomic E-state index is 12.5. The summed E-state index contributed by atoms with van der Waals surface area (Å²) in [6.45, 7) is 1.32. The number of thiazole rings is 1. The van der Waals surface area contributed by atoms with Gasteiger partial charge in [-0.15, -0.1) is 11.3 Å². The van der Waals surface area contributed by atoms with Gasteiger partial charge in [0, 0.05) is 27.6 Å². The minimum absolute atomic E-state index is 0.194. The molecule has 0 spiro atoms. The number of rotatable bonds is 5. The highest BCUT2D eigenvalue weighted by Gasteiger charge is 2.17. The number of halogens is 1. The SMILES string of the molecule is O=C(NCc1nc(-c2ccc(Cl)cc2)cs1)c1cc(-c2ccc3c(c2)OCCO3)on1. The van der Waals surface area contributed by atoms with Crippen LogP contribution in [0.4, 0.5) is 0 Å². The second-order valence-corrected chi connectivity index (χ2v) is 8.13. The zero-order chi connectivity index (χ0) is 21.2. The molecule has 3 heterocycles. The molecule has 2 aromatic heterocycles. The quantitative estimate of drug-likeness (QED) is 0.466. The molecule has 7 nitrogen and oxygen atoms in total. The number of hydrogen-bond acceptors (Lipinski definition) is 7. The van der Waals surface area contributed by atoms with Crippen molar-refractivity contribution in [2.75, 3.05) is 13.2 Å². The van der Waals surface area contributed by atoms with Crippen LogP contribution in [-0.2, 0) is 6.54 Å². The molecule has 0 saturated heterocycles. The molecule has 1 aliphatic rings. The van der Waals surface area contributed by atoms with E-state index in [1.807, 2.05) is 47.8 Å². The topological polar surface area (TPSA) is 86.5 Å². The van der Waals surface area contributed by atoms with E-state index in [-0.39, 0.29) is 11.6 Å². The highest BCUT2D eigenvalue weighted by Crippen LogP contribution is 2.34. The Bertz CT molecular complexity index is 1240. The van der Waals surface area contributed by atoms with Crippen molar-refractivity contribution in [1.29, 1.82) is 0 Å². The first-order valence-corrected chi connectivity index (χ1v) is 10.8. The van der Waals surface area contributed by atoms with Gasteiger partial charge in [0.15, 0.2) is 23.0 Å². The lowest BCUT2D eigenvalue weighted by Crippen LogP contribution is -2.22. The molecule has 0 aliphatic carbocycles. The molecule has 0 unspecified atom stereocenters. The second-order valence-electron chi connectivity index (χ2n) is 6.75. The van der Waals surface area contributed by atoms with Crippen LogP contribution >= 0.6 is 22.9 Å². The Morgan fingerprint density at radius 1 is 1.03 bits per heavy atom. The normalized spacial score (nSPS) is 12.5. The lowest BCUT2D eigenvalue weighted by atomic mass is 10.1. The Balaban J connectivity index is 1.24.